The van der Waals surface area contributed by atoms with Gasteiger partial charge in [-0.1, -0.05) is 0 Å². The Morgan fingerprint density at radius 3 is 3.21 bits per heavy atom. The molecule has 2 aromatic heterocycles. The van der Waals surface area contributed by atoms with E-state index in [1.807, 2.05) is 10.6 Å². The molecule has 0 aliphatic carbocycles. The lowest BCUT2D eigenvalue weighted by atomic mass is 10.4. The zero-order valence-corrected chi connectivity index (χ0v) is 8.79. The van der Waals surface area contributed by atoms with Gasteiger partial charge < -0.3 is 10.3 Å². The molecule has 5 heteroatoms. The van der Waals surface area contributed by atoms with Crippen LogP contribution in [-0.4, -0.2) is 26.5 Å². The predicted octanol–water partition coefficient (Wildman–Crippen LogP) is 1.38. The third kappa shape index (κ3) is 1.55. The number of anilines is 1. The molecule has 0 atom stereocenters. The first kappa shape index (κ1) is 9.33. The van der Waals surface area contributed by atoms with Crippen molar-refractivity contribution in [1.29, 1.82) is 0 Å². The van der Waals surface area contributed by atoms with E-state index in [4.69, 9.17) is 5.73 Å². The van der Waals surface area contributed by atoms with E-state index in [9.17, 15) is 0 Å². The first-order valence-corrected chi connectivity index (χ1v) is 5.77. The lowest BCUT2D eigenvalue weighted by molar-refractivity contribution is 0.810. The fourth-order valence-electron chi connectivity index (χ4n) is 1.42. The van der Waals surface area contributed by atoms with Crippen LogP contribution in [0.2, 0.25) is 0 Å². The van der Waals surface area contributed by atoms with Crippen molar-refractivity contribution in [2.45, 2.75) is 6.54 Å². The number of hydrogen-bond donors (Lipinski definition) is 1. The molecular weight excluding hydrogens is 196 g/mol. The Balaban J connectivity index is 2.45. The van der Waals surface area contributed by atoms with Crippen molar-refractivity contribution >= 4 is 28.7 Å². The Labute approximate surface area is 86.5 Å². The van der Waals surface area contributed by atoms with Gasteiger partial charge in [-0.05, 0) is 12.3 Å². The fourth-order valence-corrected chi connectivity index (χ4v) is 1.78. The second-order valence-electron chi connectivity index (χ2n) is 2.98. The van der Waals surface area contributed by atoms with Crippen molar-refractivity contribution in [1.82, 2.24) is 14.5 Å². The highest BCUT2D eigenvalue weighted by Crippen LogP contribution is 2.16. The smallest absolute Gasteiger partial charge is 0.201 e. The van der Waals surface area contributed by atoms with Crippen LogP contribution in [-0.2, 0) is 6.54 Å². The highest BCUT2D eigenvalue weighted by Gasteiger charge is 2.06. The molecular formula is C9H12N4S. The zero-order valence-electron chi connectivity index (χ0n) is 7.97. The van der Waals surface area contributed by atoms with Gasteiger partial charge in [-0.15, -0.1) is 0 Å². The standard InChI is InChI=1S/C9H12N4S/c1-14-5-4-13-8-2-3-11-6-7(8)12-9(13)10/h2-3,6H,4-5H2,1H3,(H2,10,12). The van der Waals surface area contributed by atoms with Gasteiger partial charge in [0.15, 0.2) is 0 Å². The lowest BCUT2D eigenvalue weighted by Gasteiger charge is -2.03. The van der Waals surface area contributed by atoms with Crippen molar-refractivity contribution in [3.8, 4) is 0 Å². The summed E-state index contributed by atoms with van der Waals surface area (Å²) in [5.41, 5.74) is 7.74. The van der Waals surface area contributed by atoms with Crippen molar-refractivity contribution in [2.75, 3.05) is 17.7 Å². The Kier molecular flexibility index (Phi) is 2.58. The second-order valence-corrected chi connectivity index (χ2v) is 3.96. The minimum atomic E-state index is 0.571. The molecule has 0 radical (unpaired) electrons. The second kappa shape index (κ2) is 3.88. The number of aryl methyl sites for hydroxylation is 1. The van der Waals surface area contributed by atoms with E-state index in [1.165, 1.54) is 0 Å². The first-order valence-electron chi connectivity index (χ1n) is 4.37. The van der Waals surface area contributed by atoms with Crippen LogP contribution in [0.5, 0.6) is 0 Å². The maximum Gasteiger partial charge on any atom is 0.201 e. The number of nitrogens with two attached hydrogens (primary N) is 1. The third-order valence-electron chi connectivity index (χ3n) is 2.10. The van der Waals surface area contributed by atoms with E-state index < -0.39 is 0 Å². The SMILES string of the molecule is CSCCn1c(N)nc2cnccc21. The third-order valence-corrected chi connectivity index (χ3v) is 2.69. The number of fused-ring (bicyclic) bond motifs is 1. The molecule has 0 aliphatic heterocycles. The van der Waals surface area contributed by atoms with Crippen molar-refractivity contribution < 1.29 is 0 Å². The number of thioether (sulfide) groups is 1. The molecule has 0 aromatic carbocycles. The number of pyridine rings is 1. The summed E-state index contributed by atoms with van der Waals surface area (Å²) in [7, 11) is 0. The van der Waals surface area contributed by atoms with Gasteiger partial charge in [0.1, 0.15) is 5.52 Å². The number of nitrogens with zero attached hydrogens (tertiary/aromatic N) is 3. The molecule has 0 fully saturated rings. The van der Waals surface area contributed by atoms with E-state index in [0.29, 0.717) is 5.95 Å². The number of aromatic nitrogens is 3. The molecule has 0 amide bonds. The average molecular weight is 208 g/mol. The quantitative estimate of drug-likeness (QED) is 0.827. The molecule has 0 aliphatic rings. The highest BCUT2D eigenvalue weighted by molar-refractivity contribution is 7.98. The van der Waals surface area contributed by atoms with Gasteiger partial charge in [-0.2, -0.15) is 11.8 Å². The van der Waals surface area contributed by atoms with Gasteiger partial charge in [0.2, 0.25) is 5.95 Å². The van der Waals surface area contributed by atoms with Gasteiger partial charge in [-0.3, -0.25) is 4.98 Å². The Hall–Kier alpha value is -1.23. The van der Waals surface area contributed by atoms with Crippen molar-refractivity contribution in [3.05, 3.63) is 18.5 Å². The van der Waals surface area contributed by atoms with E-state index in [2.05, 4.69) is 16.2 Å². The van der Waals surface area contributed by atoms with E-state index in [0.717, 1.165) is 23.3 Å². The van der Waals surface area contributed by atoms with Crippen LogP contribution in [0.25, 0.3) is 11.0 Å². The minimum Gasteiger partial charge on any atom is -0.369 e. The molecule has 2 heterocycles. The maximum atomic E-state index is 5.81. The largest absolute Gasteiger partial charge is 0.369 e. The van der Waals surface area contributed by atoms with E-state index in [-0.39, 0.29) is 0 Å². The first-order chi connectivity index (χ1) is 6.83. The molecule has 0 bridgehead atoms. The van der Waals surface area contributed by atoms with Crippen LogP contribution in [0, 0.1) is 0 Å². The Bertz CT molecular complexity index is 437. The van der Waals surface area contributed by atoms with Gasteiger partial charge in [0, 0.05) is 18.5 Å². The van der Waals surface area contributed by atoms with Crippen LogP contribution in [0.1, 0.15) is 0 Å². The van der Waals surface area contributed by atoms with Crippen molar-refractivity contribution in [2.24, 2.45) is 0 Å². The molecule has 2 rings (SSSR count). The van der Waals surface area contributed by atoms with E-state index >= 15 is 0 Å². The molecule has 2 aromatic rings. The van der Waals surface area contributed by atoms with Gasteiger partial charge in [-0.25, -0.2) is 4.98 Å². The number of nitrogen functional groups attached to an aromatic ring is 1. The van der Waals surface area contributed by atoms with Crippen LogP contribution >= 0.6 is 11.8 Å². The predicted molar refractivity (Wildman–Crippen MR) is 60.3 cm³/mol. The van der Waals surface area contributed by atoms with Crippen LogP contribution < -0.4 is 5.73 Å². The summed E-state index contributed by atoms with van der Waals surface area (Å²) in [6.07, 6.45) is 5.58. The zero-order chi connectivity index (χ0) is 9.97. The molecule has 14 heavy (non-hydrogen) atoms. The lowest BCUT2D eigenvalue weighted by Crippen LogP contribution is -2.04. The summed E-state index contributed by atoms with van der Waals surface area (Å²) >= 11 is 1.80. The van der Waals surface area contributed by atoms with Gasteiger partial charge >= 0.3 is 0 Å². The molecule has 4 nitrogen and oxygen atoms in total. The summed E-state index contributed by atoms with van der Waals surface area (Å²) in [4.78, 5) is 8.25. The van der Waals surface area contributed by atoms with Gasteiger partial charge in [0.05, 0.1) is 11.7 Å². The normalized spacial score (nSPS) is 10.9. The Morgan fingerprint density at radius 2 is 2.43 bits per heavy atom. The van der Waals surface area contributed by atoms with Crippen LogP contribution in [0.3, 0.4) is 0 Å². The average Bonchev–Trinajstić information content (AvgIpc) is 2.51. The summed E-state index contributed by atoms with van der Waals surface area (Å²) in [6.45, 7) is 0.896. The Morgan fingerprint density at radius 1 is 1.57 bits per heavy atom. The van der Waals surface area contributed by atoms with Gasteiger partial charge in [0.25, 0.3) is 0 Å². The summed E-state index contributed by atoms with van der Waals surface area (Å²) in [6, 6.07) is 1.94. The summed E-state index contributed by atoms with van der Waals surface area (Å²) in [5.74, 6) is 1.61. The van der Waals surface area contributed by atoms with Crippen LogP contribution in [0.15, 0.2) is 18.5 Å². The molecule has 0 spiro atoms. The summed E-state index contributed by atoms with van der Waals surface area (Å²) < 4.78 is 2.02. The molecule has 0 saturated carbocycles. The summed E-state index contributed by atoms with van der Waals surface area (Å²) in [5, 5.41) is 0. The maximum absolute atomic E-state index is 5.81. The van der Waals surface area contributed by atoms with Crippen LogP contribution in [0.4, 0.5) is 5.95 Å². The molecule has 0 saturated heterocycles. The number of imidazole rings is 1. The van der Waals surface area contributed by atoms with Crippen molar-refractivity contribution in [3.63, 3.8) is 0 Å². The molecule has 74 valence electrons. The minimum absolute atomic E-state index is 0.571. The molecule has 0 unspecified atom stereocenters. The monoisotopic (exact) mass is 208 g/mol. The molecule has 2 N–H and O–H groups in total. The fraction of sp³-hybridized carbons (Fsp3) is 0.333. The highest BCUT2D eigenvalue weighted by atomic mass is 32.2. The van der Waals surface area contributed by atoms with E-state index in [1.54, 1.807) is 24.2 Å². The number of rotatable bonds is 3. The topological polar surface area (TPSA) is 56.7 Å². The number of hydrogen-bond acceptors (Lipinski definition) is 4.